The van der Waals surface area contributed by atoms with E-state index in [1.54, 1.807) is 0 Å². The third-order valence-electron chi connectivity index (χ3n) is 3.62. The molecule has 0 aromatic heterocycles. The van der Waals surface area contributed by atoms with Gasteiger partial charge in [0, 0.05) is 6.54 Å². The first-order valence-electron chi connectivity index (χ1n) is 7.71. The molecule has 0 spiro atoms. The smallest absolute Gasteiger partial charge is 0.208 e. The van der Waals surface area contributed by atoms with Crippen LogP contribution in [0.5, 0.6) is 0 Å². The number of hydrogen-bond acceptors (Lipinski definition) is 4. The van der Waals surface area contributed by atoms with Crippen LogP contribution in [-0.4, -0.2) is 46.1 Å². The Morgan fingerprint density at radius 1 is 1.10 bits per heavy atom. The van der Waals surface area contributed by atoms with Gasteiger partial charge in [-0.15, -0.1) is 0 Å². The van der Waals surface area contributed by atoms with Crippen LogP contribution in [0.1, 0.15) is 54.4 Å². The summed E-state index contributed by atoms with van der Waals surface area (Å²) in [6.07, 6.45) is 2.96. The third-order valence-corrected chi connectivity index (χ3v) is 4.31. The van der Waals surface area contributed by atoms with E-state index in [1.807, 2.05) is 6.92 Å². The highest BCUT2D eigenvalue weighted by molar-refractivity contribution is 7.88. The lowest BCUT2D eigenvalue weighted by atomic mass is 9.90. The molecule has 0 fully saturated rings. The molecule has 21 heavy (non-hydrogen) atoms. The highest BCUT2D eigenvalue weighted by Gasteiger charge is 2.25. The van der Waals surface area contributed by atoms with Gasteiger partial charge in [0.05, 0.1) is 31.2 Å². The summed E-state index contributed by atoms with van der Waals surface area (Å²) in [7, 11) is -3.23. The molecule has 0 bridgehead atoms. The maximum absolute atomic E-state index is 11.3. The van der Waals surface area contributed by atoms with E-state index >= 15 is 0 Å². The molecule has 0 radical (unpaired) electrons. The lowest BCUT2D eigenvalue weighted by Gasteiger charge is -2.32. The molecule has 2 atom stereocenters. The summed E-state index contributed by atoms with van der Waals surface area (Å²) in [4.78, 5) is 0. The molecule has 0 aliphatic heterocycles. The van der Waals surface area contributed by atoms with Crippen molar-refractivity contribution in [2.24, 2.45) is 5.41 Å². The van der Waals surface area contributed by atoms with Gasteiger partial charge in [-0.05, 0) is 25.2 Å². The SMILES string of the molecule is CCC(CC)OCC(CNS(C)(=O)=O)OC(C)C(C)(C)C. The van der Waals surface area contributed by atoms with Crippen molar-refractivity contribution in [1.29, 1.82) is 0 Å². The Labute approximate surface area is 130 Å². The fourth-order valence-corrected chi connectivity index (χ4v) is 2.14. The Hall–Kier alpha value is -0.170. The van der Waals surface area contributed by atoms with E-state index in [0.29, 0.717) is 6.61 Å². The van der Waals surface area contributed by atoms with Gasteiger partial charge in [-0.25, -0.2) is 13.1 Å². The van der Waals surface area contributed by atoms with Crippen LogP contribution < -0.4 is 4.72 Å². The normalized spacial score (nSPS) is 16.2. The highest BCUT2D eigenvalue weighted by Crippen LogP contribution is 2.23. The Kier molecular flexibility index (Phi) is 9.00. The van der Waals surface area contributed by atoms with Gasteiger partial charge in [-0.2, -0.15) is 0 Å². The maximum Gasteiger partial charge on any atom is 0.208 e. The molecule has 0 rings (SSSR count). The summed E-state index contributed by atoms with van der Waals surface area (Å²) in [5, 5.41) is 0. The van der Waals surface area contributed by atoms with Crippen molar-refractivity contribution in [3.05, 3.63) is 0 Å². The van der Waals surface area contributed by atoms with Crippen LogP contribution in [0, 0.1) is 5.41 Å². The molecule has 0 aliphatic rings. The highest BCUT2D eigenvalue weighted by atomic mass is 32.2. The quantitative estimate of drug-likeness (QED) is 0.671. The van der Waals surface area contributed by atoms with Crippen molar-refractivity contribution in [2.45, 2.75) is 72.7 Å². The van der Waals surface area contributed by atoms with Gasteiger partial charge >= 0.3 is 0 Å². The number of rotatable bonds is 10. The zero-order valence-corrected chi connectivity index (χ0v) is 15.4. The molecule has 0 aliphatic carbocycles. The number of sulfonamides is 1. The first-order valence-corrected chi connectivity index (χ1v) is 9.60. The van der Waals surface area contributed by atoms with Crippen molar-refractivity contribution in [3.63, 3.8) is 0 Å². The maximum atomic E-state index is 11.3. The van der Waals surface area contributed by atoms with Gasteiger partial charge in [0.15, 0.2) is 0 Å². The zero-order valence-electron chi connectivity index (χ0n) is 14.6. The van der Waals surface area contributed by atoms with E-state index in [0.717, 1.165) is 19.1 Å². The second-order valence-corrected chi connectivity index (χ2v) is 8.49. The molecular formula is C15H33NO4S. The summed E-state index contributed by atoms with van der Waals surface area (Å²) < 4.78 is 36.8. The average molecular weight is 323 g/mol. The largest absolute Gasteiger partial charge is 0.375 e. The van der Waals surface area contributed by atoms with Crippen LogP contribution in [0.2, 0.25) is 0 Å². The lowest BCUT2D eigenvalue weighted by molar-refractivity contribution is -0.0969. The van der Waals surface area contributed by atoms with Crippen molar-refractivity contribution < 1.29 is 17.9 Å². The van der Waals surface area contributed by atoms with E-state index in [1.165, 1.54) is 0 Å². The Morgan fingerprint density at radius 2 is 1.62 bits per heavy atom. The van der Waals surface area contributed by atoms with E-state index in [2.05, 4.69) is 39.3 Å². The zero-order chi connectivity index (χ0) is 16.7. The fraction of sp³-hybridized carbons (Fsp3) is 1.00. The minimum absolute atomic E-state index is 0.00173. The molecule has 0 aromatic rings. The van der Waals surface area contributed by atoms with E-state index in [-0.39, 0.29) is 30.3 Å². The summed E-state index contributed by atoms with van der Waals surface area (Å²) in [5.74, 6) is 0. The predicted molar refractivity (Wildman–Crippen MR) is 87.0 cm³/mol. The van der Waals surface area contributed by atoms with Gasteiger partial charge in [0.25, 0.3) is 0 Å². The second kappa shape index (κ2) is 9.08. The summed E-state index contributed by atoms with van der Waals surface area (Å²) in [6.45, 7) is 13.1. The molecular weight excluding hydrogens is 290 g/mol. The Balaban J connectivity index is 4.61. The molecule has 5 nitrogen and oxygen atoms in total. The minimum Gasteiger partial charge on any atom is -0.375 e. The average Bonchev–Trinajstić information content (AvgIpc) is 2.34. The molecule has 2 unspecified atom stereocenters. The minimum atomic E-state index is -3.23. The van der Waals surface area contributed by atoms with E-state index in [9.17, 15) is 8.42 Å². The molecule has 0 aromatic carbocycles. The van der Waals surface area contributed by atoms with Crippen molar-refractivity contribution >= 4 is 10.0 Å². The monoisotopic (exact) mass is 323 g/mol. The van der Waals surface area contributed by atoms with Gasteiger partial charge in [0.1, 0.15) is 0 Å². The van der Waals surface area contributed by atoms with Crippen LogP contribution in [0.4, 0.5) is 0 Å². The van der Waals surface area contributed by atoms with Crippen LogP contribution in [-0.2, 0) is 19.5 Å². The Bertz CT molecular complexity index is 372. The van der Waals surface area contributed by atoms with Gasteiger partial charge in [-0.3, -0.25) is 0 Å². The van der Waals surface area contributed by atoms with Crippen molar-refractivity contribution in [2.75, 3.05) is 19.4 Å². The number of hydrogen-bond donors (Lipinski definition) is 1. The molecule has 0 heterocycles. The molecule has 6 heteroatoms. The van der Waals surface area contributed by atoms with Crippen molar-refractivity contribution in [1.82, 2.24) is 4.72 Å². The number of ether oxygens (including phenoxy) is 2. The molecule has 0 amide bonds. The number of nitrogens with one attached hydrogen (secondary N) is 1. The molecule has 0 saturated carbocycles. The van der Waals surface area contributed by atoms with Crippen LogP contribution in [0.3, 0.4) is 0 Å². The van der Waals surface area contributed by atoms with E-state index in [4.69, 9.17) is 9.47 Å². The van der Waals surface area contributed by atoms with E-state index < -0.39 is 10.0 Å². The predicted octanol–water partition coefficient (Wildman–Crippen LogP) is 2.56. The first kappa shape index (κ1) is 20.8. The second-order valence-electron chi connectivity index (χ2n) is 6.66. The van der Waals surface area contributed by atoms with Gasteiger partial charge in [0.2, 0.25) is 10.0 Å². The standard InChI is InChI=1S/C15H33NO4S/c1-8-13(9-2)19-11-14(10-16-21(7,17)18)20-12(3)15(4,5)6/h12-14,16H,8-11H2,1-7H3. The summed E-state index contributed by atoms with van der Waals surface area (Å²) in [6, 6.07) is 0. The molecule has 0 saturated heterocycles. The van der Waals surface area contributed by atoms with Crippen LogP contribution in [0.15, 0.2) is 0 Å². The first-order chi connectivity index (χ1) is 9.49. The van der Waals surface area contributed by atoms with Crippen LogP contribution >= 0.6 is 0 Å². The Morgan fingerprint density at radius 3 is 2.00 bits per heavy atom. The summed E-state index contributed by atoms with van der Waals surface area (Å²) in [5.41, 5.74) is -0.00173. The third kappa shape index (κ3) is 10.2. The fourth-order valence-electron chi connectivity index (χ4n) is 1.65. The lowest BCUT2D eigenvalue weighted by Crippen LogP contribution is -2.41. The molecule has 128 valence electrons. The van der Waals surface area contributed by atoms with Gasteiger partial charge in [-0.1, -0.05) is 34.6 Å². The van der Waals surface area contributed by atoms with Crippen molar-refractivity contribution in [3.8, 4) is 0 Å². The summed E-state index contributed by atoms with van der Waals surface area (Å²) >= 11 is 0. The topological polar surface area (TPSA) is 64.6 Å². The van der Waals surface area contributed by atoms with Crippen LogP contribution in [0.25, 0.3) is 0 Å². The van der Waals surface area contributed by atoms with Gasteiger partial charge < -0.3 is 9.47 Å². The molecule has 1 N–H and O–H groups in total.